The summed E-state index contributed by atoms with van der Waals surface area (Å²) in [7, 11) is 5.06. The molecule has 21 heavy (non-hydrogen) atoms. The highest BCUT2D eigenvalue weighted by molar-refractivity contribution is 5.84. The van der Waals surface area contributed by atoms with Gasteiger partial charge in [-0.05, 0) is 19.3 Å². The average molecular weight is 300 g/mol. The minimum absolute atomic E-state index is 0.00471. The Bertz CT molecular complexity index is 359. The van der Waals surface area contributed by atoms with Crippen LogP contribution >= 0.6 is 0 Å². The number of amides is 1. The number of aliphatic imine (C=N–C) groups is 1. The molecule has 0 aliphatic heterocycles. The molecule has 0 radical (unpaired) electrons. The number of carbonyl (C=O) groups excluding carboxylic acids is 1. The van der Waals surface area contributed by atoms with Crippen LogP contribution in [0.25, 0.3) is 0 Å². The summed E-state index contributed by atoms with van der Waals surface area (Å²) in [5.41, 5.74) is -0.459. The van der Waals surface area contributed by atoms with E-state index in [2.05, 4.69) is 41.7 Å². The predicted molar refractivity (Wildman–Crippen MR) is 87.5 cm³/mol. The van der Waals surface area contributed by atoms with E-state index in [1.807, 2.05) is 13.8 Å². The molecule has 0 aromatic carbocycles. The van der Waals surface area contributed by atoms with Gasteiger partial charge in [0.1, 0.15) is 0 Å². The molecule has 0 aliphatic carbocycles. The third-order valence-electron chi connectivity index (χ3n) is 3.47. The van der Waals surface area contributed by atoms with Gasteiger partial charge in [0.15, 0.2) is 5.96 Å². The van der Waals surface area contributed by atoms with E-state index in [1.54, 1.807) is 21.2 Å². The van der Waals surface area contributed by atoms with Crippen molar-refractivity contribution in [3.05, 3.63) is 0 Å². The summed E-state index contributed by atoms with van der Waals surface area (Å²) >= 11 is 0. The first-order chi connectivity index (χ1) is 9.58. The summed E-state index contributed by atoms with van der Waals surface area (Å²) in [5, 5.41) is 9.08. The number of ether oxygens (including phenoxy) is 1. The van der Waals surface area contributed by atoms with Crippen LogP contribution in [0.1, 0.15) is 34.6 Å². The van der Waals surface area contributed by atoms with Crippen molar-refractivity contribution in [2.45, 2.75) is 40.7 Å². The van der Waals surface area contributed by atoms with Gasteiger partial charge in [0, 0.05) is 34.3 Å². The Morgan fingerprint density at radius 3 is 2.14 bits per heavy atom. The van der Waals surface area contributed by atoms with Crippen molar-refractivity contribution in [3.63, 3.8) is 0 Å². The first-order valence-corrected chi connectivity index (χ1v) is 7.28. The minimum atomic E-state index is -0.503. The largest absolute Gasteiger partial charge is 0.379 e. The van der Waals surface area contributed by atoms with Gasteiger partial charge in [0.05, 0.1) is 11.5 Å². The van der Waals surface area contributed by atoms with Gasteiger partial charge in [-0.3, -0.25) is 9.79 Å². The maximum atomic E-state index is 11.7. The predicted octanol–water partition coefficient (Wildman–Crippen LogP) is 0.985. The fraction of sp³-hybridized carbons (Fsp3) is 0.867. The maximum Gasteiger partial charge on any atom is 0.227 e. The summed E-state index contributed by atoms with van der Waals surface area (Å²) in [4.78, 5) is 15.9. The van der Waals surface area contributed by atoms with E-state index in [0.717, 1.165) is 0 Å². The van der Waals surface area contributed by atoms with E-state index in [4.69, 9.17) is 4.74 Å². The molecule has 0 spiro atoms. The van der Waals surface area contributed by atoms with Gasteiger partial charge in [-0.1, -0.05) is 20.8 Å². The Hall–Kier alpha value is -1.30. The Kier molecular flexibility index (Phi) is 7.71. The molecule has 0 aromatic rings. The molecule has 0 saturated carbocycles. The van der Waals surface area contributed by atoms with Crippen molar-refractivity contribution >= 4 is 11.9 Å². The molecule has 3 N–H and O–H groups in total. The fourth-order valence-corrected chi connectivity index (χ4v) is 1.88. The van der Waals surface area contributed by atoms with Gasteiger partial charge in [-0.15, -0.1) is 0 Å². The molecule has 0 saturated heterocycles. The highest BCUT2D eigenvalue weighted by atomic mass is 16.5. The zero-order valence-electron chi connectivity index (χ0n) is 14.8. The number of carbonyl (C=O) groups is 1. The summed E-state index contributed by atoms with van der Waals surface area (Å²) in [6.07, 6.45) is 0.0722. The van der Waals surface area contributed by atoms with E-state index in [1.165, 1.54) is 0 Å². The topological polar surface area (TPSA) is 74.8 Å². The molecule has 0 aromatic heterocycles. The van der Waals surface area contributed by atoms with E-state index < -0.39 is 5.41 Å². The second kappa shape index (κ2) is 8.22. The quantitative estimate of drug-likeness (QED) is 0.505. The van der Waals surface area contributed by atoms with Crippen LogP contribution in [-0.4, -0.2) is 52.3 Å². The second-order valence-corrected chi connectivity index (χ2v) is 6.86. The van der Waals surface area contributed by atoms with Crippen LogP contribution in [0.4, 0.5) is 0 Å². The van der Waals surface area contributed by atoms with Crippen LogP contribution in [0.2, 0.25) is 0 Å². The molecule has 0 rings (SSSR count). The lowest BCUT2D eigenvalue weighted by Crippen LogP contribution is -2.49. The number of methoxy groups -OCH3 is 1. The number of nitrogens with one attached hydrogen (secondary N) is 3. The van der Waals surface area contributed by atoms with Crippen molar-refractivity contribution in [1.29, 1.82) is 0 Å². The van der Waals surface area contributed by atoms with Crippen LogP contribution in [0.5, 0.6) is 0 Å². The minimum Gasteiger partial charge on any atom is -0.379 e. The molecule has 0 fully saturated rings. The molecule has 0 heterocycles. The third kappa shape index (κ3) is 6.80. The number of hydrogen-bond acceptors (Lipinski definition) is 3. The van der Waals surface area contributed by atoms with Crippen molar-refractivity contribution in [3.8, 4) is 0 Å². The Morgan fingerprint density at radius 2 is 1.76 bits per heavy atom. The normalized spacial score (nSPS) is 14.6. The molecular weight excluding hydrogens is 268 g/mol. The van der Waals surface area contributed by atoms with Gasteiger partial charge in [0.25, 0.3) is 0 Å². The summed E-state index contributed by atoms with van der Waals surface area (Å²) in [6, 6.07) is 0. The maximum absolute atomic E-state index is 11.7. The molecule has 6 heteroatoms. The lowest BCUT2D eigenvalue weighted by molar-refractivity contribution is -0.128. The highest BCUT2D eigenvalue weighted by Gasteiger charge is 2.27. The van der Waals surface area contributed by atoms with E-state index in [0.29, 0.717) is 19.0 Å². The Morgan fingerprint density at radius 1 is 1.19 bits per heavy atom. The number of rotatable bonds is 6. The van der Waals surface area contributed by atoms with E-state index in [-0.39, 0.29) is 17.4 Å². The first kappa shape index (κ1) is 19.7. The summed E-state index contributed by atoms with van der Waals surface area (Å²) in [5.74, 6) is 0.660. The lowest BCUT2D eigenvalue weighted by atomic mass is 9.89. The van der Waals surface area contributed by atoms with Gasteiger partial charge < -0.3 is 20.7 Å². The van der Waals surface area contributed by atoms with Crippen LogP contribution in [0, 0.1) is 10.8 Å². The molecular formula is C15H32N4O2. The van der Waals surface area contributed by atoms with Gasteiger partial charge in [-0.25, -0.2) is 0 Å². The number of nitrogens with zero attached hydrogens (tertiary/aromatic N) is 1. The second-order valence-electron chi connectivity index (χ2n) is 6.86. The number of hydrogen-bond donors (Lipinski definition) is 3. The molecule has 124 valence electrons. The molecule has 6 nitrogen and oxygen atoms in total. The highest BCUT2D eigenvalue weighted by Crippen LogP contribution is 2.20. The summed E-state index contributed by atoms with van der Waals surface area (Å²) in [6.45, 7) is 11.3. The Labute approximate surface area is 129 Å². The fourth-order valence-electron chi connectivity index (χ4n) is 1.88. The van der Waals surface area contributed by atoms with Crippen LogP contribution in [0.15, 0.2) is 4.99 Å². The van der Waals surface area contributed by atoms with E-state index >= 15 is 0 Å². The average Bonchev–Trinajstić information content (AvgIpc) is 2.40. The zero-order valence-corrected chi connectivity index (χ0v) is 14.8. The lowest BCUT2D eigenvalue weighted by Gasteiger charge is -2.30. The number of guanidine groups is 1. The SMILES string of the molecule is CN=C(NCC(OC)C(C)(C)C)NCC(C)(C)C(=O)NC. The summed E-state index contributed by atoms with van der Waals surface area (Å²) < 4.78 is 5.50. The van der Waals surface area contributed by atoms with E-state index in [9.17, 15) is 4.79 Å². The molecule has 1 amide bonds. The smallest absolute Gasteiger partial charge is 0.227 e. The van der Waals surface area contributed by atoms with Crippen molar-refractivity contribution < 1.29 is 9.53 Å². The third-order valence-corrected chi connectivity index (χ3v) is 3.47. The van der Waals surface area contributed by atoms with Crippen molar-refractivity contribution in [2.24, 2.45) is 15.8 Å². The molecule has 0 aliphatic rings. The van der Waals surface area contributed by atoms with Gasteiger partial charge >= 0.3 is 0 Å². The molecule has 1 atom stereocenters. The van der Waals surface area contributed by atoms with Crippen molar-refractivity contribution in [1.82, 2.24) is 16.0 Å². The van der Waals surface area contributed by atoms with Gasteiger partial charge in [-0.2, -0.15) is 0 Å². The monoisotopic (exact) mass is 300 g/mol. The zero-order chi connectivity index (χ0) is 16.7. The van der Waals surface area contributed by atoms with Crippen LogP contribution in [0.3, 0.4) is 0 Å². The van der Waals surface area contributed by atoms with Crippen molar-refractivity contribution in [2.75, 3.05) is 34.3 Å². The molecule has 0 bridgehead atoms. The Balaban J connectivity index is 4.47. The standard InChI is InChI=1S/C15H32N4O2/c1-14(2,3)11(21-8)9-18-13(17-7)19-10-15(4,5)12(20)16-6/h11H,9-10H2,1-8H3,(H,16,20)(H2,17,18,19). The van der Waals surface area contributed by atoms with Crippen LogP contribution < -0.4 is 16.0 Å². The van der Waals surface area contributed by atoms with Gasteiger partial charge in [0.2, 0.25) is 5.91 Å². The van der Waals surface area contributed by atoms with Crippen LogP contribution in [-0.2, 0) is 9.53 Å². The molecule has 1 unspecified atom stereocenters. The first-order valence-electron chi connectivity index (χ1n) is 7.28.